The van der Waals surface area contributed by atoms with Crippen LogP contribution in [-0.2, 0) is 21.1 Å². The molecule has 0 spiro atoms. The van der Waals surface area contributed by atoms with E-state index in [1.165, 1.54) is 34.2 Å². The fraction of sp³-hybridized carbons (Fsp3) is 0.286. The average Bonchev–Trinajstić information content (AvgIpc) is 3.43. The second-order valence-corrected chi connectivity index (χ2v) is 12.9. The molecule has 184 valence electrons. The topological polar surface area (TPSA) is 163 Å². The van der Waals surface area contributed by atoms with Gasteiger partial charge < -0.3 is 15.3 Å². The normalized spacial score (nSPS) is 19.5. The highest BCUT2D eigenvalue weighted by Gasteiger charge is 2.34. The first-order valence-corrected chi connectivity index (χ1v) is 15.2. The van der Waals surface area contributed by atoms with Gasteiger partial charge in [0.1, 0.15) is 11.3 Å². The third kappa shape index (κ3) is 4.90. The number of rotatable bonds is 7. The minimum Gasteiger partial charge on any atom is -0.505 e. The molecule has 2 aliphatic rings. The molecule has 11 nitrogen and oxygen atoms in total. The molecule has 2 aromatic heterocycles. The minimum atomic E-state index is -4.43. The van der Waals surface area contributed by atoms with Crippen molar-refractivity contribution in [3.63, 3.8) is 0 Å². The molecular formula is C21H22N5O6PS2. The molecule has 4 N–H and O–H groups in total. The summed E-state index contributed by atoms with van der Waals surface area (Å²) in [5.41, 5.74) is 0.149. The van der Waals surface area contributed by atoms with Gasteiger partial charge in [0.05, 0.1) is 17.2 Å². The number of aryl methyl sites for hydroxylation is 1. The Bertz CT molecular complexity index is 1560. The summed E-state index contributed by atoms with van der Waals surface area (Å²) in [5.74, 6) is -0.162. The summed E-state index contributed by atoms with van der Waals surface area (Å²) >= 11 is 1.40. The lowest BCUT2D eigenvalue weighted by Gasteiger charge is -2.23. The Labute approximate surface area is 204 Å². The number of aromatic hydroxyl groups is 1. The quantitative estimate of drug-likeness (QED) is 0.335. The number of hydrogen-bond acceptors (Lipinski definition) is 8. The van der Waals surface area contributed by atoms with E-state index in [1.807, 2.05) is 5.38 Å². The van der Waals surface area contributed by atoms with Crippen LogP contribution in [0.15, 0.2) is 44.6 Å². The molecule has 3 aromatic rings. The zero-order valence-corrected chi connectivity index (χ0v) is 21.0. The molecule has 1 aromatic carbocycles. The monoisotopic (exact) mass is 535 g/mol. The number of nitrogens with zero attached hydrogens (tertiary/aromatic N) is 3. The minimum absolute atomic E-state index is 0.0925. The highest BCUT2D eigenvalue weighted by atomic mass is 32.2. The number of thiophene rings is 1. The maximum Gasteiger partial charge on any atom is 0.346 e. The molecule has 1 saturated carbocycles. The SMILES string of the molecule is CS(=O)(=O)Nc1ccc2c(c1)P(=O)(O)N=C(c1c(O)c(-c3ccsc3)nn(CCC3CC3)c1=O)N2. The predicted octanol–water partition coefficient (Wildman–Crippen LogP) is 2.53. The summed E-state index contributed by atoms with van der Waals surface area (Å²) in [6.45, 7) is 0.342. The Balaban J connectivity index is 1.62. The maximum atomic E-state index is 13.4. The zero-order valence-electron chi connectivity index (χ0n) is 18.5. The van der Waals surface area contributed by atoms with E-state index >= 15 is 0 Å². The number of fused-ring (bicyclic) bond motifs is 1. The van der Waals surface area contributed by atoms with E-state index in [-0.39, 0.29) is 33.8 Å². The fourth-order valence-electron chi connectivity index (χ4n) is 3.84. The van der Waals surface area contributed by atoms with Crippen molar-refractivity contribution in [3.05, 3.63) is 50.9 Å². The molecule has 1 atom stereocenters. The molecular weight excluding hydrogens is 513 g/mol. The summed E-state index contributed by atoms with van der Waals surface area (Å²) in [5, 5.41) is 21.8. The van der Waals surface area contributed by atoms with E-state index in [0.717, 1.165) is 25.5 Å². The Morgan fingerprint density at radius 3 is 2.74 bits per heavy atom. The van der Waals surface area contributed by atoms with Crippen molar-refractivity contribution in [3.8, 4) is 17.0 Å². The van der Waals surface area contributed by atoms with Crippen molar-refractivity contribution < 1.29 is 23.0 Å². The van der Waals surface area contributed by atoms with Gasteiger partial charge in [-0.3, -0.25) is 14.1 Å². The van der Waals surface area contributed by atoms with Gasteiger partial charge in [0.25, 0.3) is 5.56 Å². The van der Waals surface area contributed by atoms with Gasteiger partial charge in [-0.2, -0.15) is 21.2 Å². The molecule has 1 aliphatic carbocycles. The van der Waals surface area contributed by atoms with E-state index < -0.39 is 28.9 Å². The van der Waals surface area contributed by atoms with Gasteiger partial charge in [-0.1, -0.05) is 12.8 Å². The van der Waals surface area contributed by atoms with Crippen LogP contribution in [0.4, 0.5) is 11.4 Å². The molecule has 0 saturated heterocycles. The Hall–Kier alpha value is -2.99. The first kappa shape index (κ1) is 23.7. The molecule has 1 aliphatic heterocycles. The number of benzene rings is 1. The summed E-state index contributed by atoms with van der Waals surface area (Å²) in [6, 6.07) is 5.78. The summed E-state index contributed by atoms with van der Waals surface area (Å²) in [4.78, 5) is 24.1. The van der Waals surface area contributed by atoms with E-state index in [4.69, 9.17) is 0 Å². The molecule has 3 heterocycles. The number of aromatic nitrogens is 2. The number of anilines is 2. The Morgan fingerprint density at radius 1 is 1.31 bits per heavy atom. The largest absolute Gasteiger partial charge is 0.505 e. The third-order valence-electron chi connectivity index (χ3n) is 5.71. The van der Waals surface area contributed by atoms with Gasteiger partial charge in [-0.15, -0.1) is 0 Å². The van der Waals surface area contributed by atoms with E-state index in [0.29, 0.717) is 18.0 Å². The molecule has 0 radical (unpaired) electrons. The van der Waals surface area contributed by atoms with Crippen molar-refractivity contribution in [2.45, 2.75) is 25.8 Å². The highest BCUT2D eigenvalue weighted by molar-refractivity contribution is 7.92. The number of nitrogens with one attached hydrogen (secondary N) is 2. The van der Waals surface area contributed by atoms with Crippen molar-refractivity contribution >= 4 is 51.4 Å². The number of amidine groups is 1. The van der Waals surface area contributed by atoms with Gasteiger partial charge in [0.2, 0.25) is 10.0 Å². The van der Waals surface area contributed by atoms with Crippen LogP contribution in [0, 0.1) is 5.92 Å². The van der Waals surface area contributed by atoms with Gasteiger partial charge in [0, 0.05) is 23.2 Å². The van der Waals surface area contributed by atoms with Crippen molar-refractivity contribution in [1.29, 1.82) is 0 Å². The molecule has 35 heavy (non-hydrogen) atoms. The smallest absolute Gasteiger partial charge is 0.346 e. The van der Waals surface area contributed by atoms with Crippen LogP contribution in [0.1, 0.15) is 24.8 Å². The maximum absolute atomic E-state index is 13.4. The van der Waals surface area contributed by atoms with Crippen LogP contribution in [0.2, 0.25) is 0 Å². The van der Waals surface area contributed by atoms with Crippen molar-refractivity contribution in [1.82, 2.24) is 9.78 Å². The number of hydrogen-bond donors (Lipinski definition) is 4. The summed E-state index contributed by atoms with van der Waals surface area (Å²) in [7, 11) is -8.03. The lowest BCUT2D eigenvalue weighted by atomic mass is 10.1. The first-order valence-electron chi connectivity index (χ1n) is 10.7. The first-order chi connectivity index (χ1) is 16.5. The van der Waals surface area contributed by atoms with Crippen LogP contribution in [0.3, 0.4) is 0 Å². The fourth-order valence-corrected chi connectivity index (χ4v) is 6.32. The van der Waals surface area contributed by atoms with Crippen LogP contribution < -0.4 is 20.9 Å². The third-order valence-corrected chi connectivity index (χ3v) is 8.47. The van der Waals surface area contributed by atoms with Crippen molar-refractivity contribution in [2.75, 3.05) is 16.3 Å². The lowest BCUT2D eigenvalue weighted by Crippen LogP contribution is -2.34. The van der Waals surface area contributed by atoms with Gasteiger partial charge in [-0.25, -0.2) is 13.1 Å². The Morgan fingerprint density at radius 2 is 2.09 bits per heavy atom. The van der Waals surface area contributed by atoms with Gasteiger partial charge in [-0.05, 0) is 42.0 Å². The van der Waals surface area contributed by atoms with Crippen LogP contribution in [0.25, 0.3) is 11.3 Å². The summed E-state index contributed by atoms with van der Waals surface area (Å²) < 4.78 is 43.7. The second-order valence-electron chi connectivity index (χ2n) is 8.57. The lowest BCUT2D eigenvalue weighted by molar-refractivity contribution is 0.455. The van der Waals surface area contributed by atoms with Crippen LogP contribution >= 0.6 is 18.9 Å². The molecule has 0 bridgehead atoms. The molecule has 1 unspecified atom stereocenters. The predicted molar refractivity (Wildman–Crippen MR) is 135 cm³/mol. The number of sulfonamides is 1. The van der Waals surface area contributed by atoms with E-state index in [1.54, 1.807) is 11.4 Å². The van der Waals surface area contributed by atoms with Crippen molar-refractivity contribution in [2.24, 2.45) is 10.7 Å². The molecule has 5 rings (SSSR count). The van der Waals surface area contributed by atoms with Crippen LogP contribution in [-0.4, -0.2) is 40.3 Å². The Kier molecular flexibility index (Phi) is 5.83. The molecule has 0 amide bonds. The molecule has 1 fully saturated rings. The highest BCUT2D eigenvalue weighted by Crippen LogP contribution is 2.47. The van der Waals surface area contributed by atoms with E-state index in [2.05, 4.69) is 19.9 Å². The second kappa shape index (κ2) is 8.59. The van der Waals surface area contributed by atoms with E-state index in [9.17, 15) is 27.8 Å². The standard InChI is InChI=1S/C21H22N5O6PS2/c1-35(31,32)25-14-4-5-15-16(10-14)33(29,30)24-20(22-15)17-19(27)18(13-7-9-34-11-13)23-26(21(17)28)8-6-12-2-3-12/h4-5,7,9-12,25,27H,2-3,6,8H2,1H3,(H2,22,24,29,30). The molecule has 14 heteroatoms. The average molecular weight is 536 g/mol. The van der Waals surface area contributed by atoms with Gasteiger partial charge in [0.15, 0.2) is 11.6 Å². The summed E-state index contributed by atoms with van der Waals surface area (Å²) in [6.07, 6.45) is 3.93. The van der Waals surface area contributed by atoms with Gasteiger partial charge >= 0.3 is 7.52 Å². The van der Waals surface area contributed by atoms with Crippen LogP contribution in [0.5, 0.6) is 5.75 Å². The zero-order chi connectivity index (χ0) is 25.0.